The minimum absolute atomic E-state index is 0.176. The Morgan fingerprint density at radius 1 is 1.44 bits per heavy atom. The average molecular weight is 260 g/mol. The van der Waals surface area contributed by atoms with E-state index >= 15 is 0 Å². The first-order valence-corrected chi connectivity index (χ1v) is 6.54. The summed E-state index contributed by atoms with van der Waals surface area (Å²) in [6.07, 6.45) is 0. The van der Waals surface area contributed by atoms with Gasteiger partial charge in [-0.2, -0.15) is 5.26 Å². The molecule has 2 rings (SSSR count). The Morgan fingerprint density at radius 2 is 2.28 bits per heavy atom. The Balaban J connectivity index is 2.04. The summed E-state index contributed by atoms with van der Waals surface area (Å²) in [6.45, 7) is 2.46. The molecule has 92 valence electrons. The van der Waals surface area contributed by atoms with E-state index in [-0.39, 0.29) is 11.9 Å². The summed E-state index contributed by atoms with van der Waals surface area (Å²) in [5.41, 5.74) is 1.01. The van der Waals surface area contributed by atoms with Crippen LogP contribution < -0.4 is 5.32 Å². The van der Waals surface area contributed by atoms with E-state index in [2.05, 4.69) is 5.32 Å². The maximum absolute atomic E-state index is 13.6. The number of halogens is 1. The highest BCUT2D eigenvalue weighted by Gasteiger charge is 2.08. The summed E-state index contributed by atoms with van der Waals surface area (Å²) >= 11 is 1.67. The van der Waals surface area contributed by atoms with Crippen LogP contribution in [0.3, 0.4) is 0 Å². The van der Waals surface area contributed by atoms with E-state index in [1.54, 1.807) is 17.4 Å². The van der Waals surface area contributed by atoms with Gasteiger partial charge in [-0.05, 0) is 36.6 Å². The fourth-order valence-corrected chi connectivity index (χ4v) is 2.44. The molecular weight excluding hydrogens is 247 g/mol. The molecule has 0 aliphatic rings. The van der Waals surface area contributed by atoms with Crippen molar-refractivity contribution in [3.8, 4) is 6.07 Å². The van der Waals surface area contributed by atoms with Crippen molar-refractivity contribution in [2.45, 2.75) is 19.5 Å². The SMILES string of the molecule is CC(NCc1cc(C#N)ccc1F)c1cccs1. The van der Waals surface area contributed by atoms with Crippen LogP contribution in [0.4, 0.5) is 4.39 Å². The van der Waals surface area contributed by atoms with Crippen molar-refractivity contribution in [3.05, 3.63) is 57.5 Å². The second kappa shape index (κ2) is 5.76. The molecule has 4 heteroatoms. The smallest absolute Gasteiger partial charge is 0.127 e. The van der Waals surface area contributed by atoms with Gasteiger partial charge in [0.05, 0.1) is 11.6 Å². The zero-order valence-electron chi connectivity index (χ0n) is 9.98. The third-order valence-electron chi connectivity index (χ3n) is 2.74. The van der Waals surface area contributed by atoms with Crippen molar-refractivity contribution in [1.82, 2.24) is 5.32 Å². The molecule has 0 saturated carbocycles. The van der Waals surface area contributed by atoms with E-state index in [9.17, 15) is 4.39 Å². The van der Waals surface area contributed by atoms with Gasteiger partial charge in [0.1, 0.15) is 5.82 Å². The molecule has 0 saturated heterocycles. The monoisotopic (exact) mass is 260 g/mol. The van der Waals surface area contributed by atoms with Crippen molar-refractivity contribution in [3.63, 3.8) is 0 Å². The number of thiophene rings is 1. The number of nitrogens with zero attached hydrogens (tertiary/aromatic N) is 1. The van der Waals surface area contributed by atoms with Crippen LogP contribution in [0.1, 0.15) is 29.0 Å². The first kappa shape index (κ1) is 12.7. The van der Waals surface area contributed by atoms with Gasteiger partial charge in [-0.15, -0.1) is 11.3 Å². The second-order valence-corrected chi connectivity index (χ2v) is 5.02. The molecule has 0 fully saturated rings. The quantitative estimate of drug-likeness (QED) is 0.911. The van der Waals surface area contributed by atoms with Crippen molar-refractivity contribution >= 4 is 11.3 Å². The third kappa shape index (κ3) is 2.95. The van der Waals surface area contributed by atoms with Gasteiger partial charge in [0.2, 0.25) is 0 Å². The van der Waals surface area contributed by atoms with Gasteiger partial charge in [0.25, 0.3) is 0 Å². The minimum Gasteiger partial charge on any atom is -0.305 e. The highest BCUT2D eigenvalue weighted by Crippen LogP contribution is 2.19. The molecule has 1 atom stereocenters. The summed E-state index contributed by atoms with van der Waals surface area (Å²) < 4.78 is 13.6. The van der Waals surface area contributed by atoms with Gasteiger partial charge < -0.3 is 5.32 Å². The van der Waals surface area contributed by atoms with Crippen LogP contribution in [-0.2, 0) is 6.54 Å². The summed E-state index contributed by atoms with van der Waals surface area (Å²) in [7, 11) is 0. The summed E-state index contributed by atoms with van der Waals surface area (Å²) in [5, 5.41) is 14.1. The largest absolute Gasteiger partial charge is 0.305 e. The first-order valence-electron chi connectivity index (χ1n) is 5.66. The van der Waals surface area contributed by atoms with Gasteiger partial charge in [-0.3, -0.25) is 0 Å². The fraction of sp³-hybridized carbons (Fsp3) is 0.214. The van der Waals surface area contributed by atoms with Crippen LogP contribution in [0.5, 0.6) is 0 Å². The maximum Gasteiger partial charge on any atom is 0.127 e. The van der Waals surface area contributed by atoms with Crippen molar-refractivity contribution in [2.75, 3.05) is 0 Å². The number of hydrogen-bond acceptors (Lipinski definition) is 3. The Kier molecular flexibility index (Phi) is 4.08. The predicted molar refractivity (Wildman–Crippen MR) is 70.7 cm³/mol. The lowest BCUT2D eigenvalue weighted by molar-refractivity contribution is 0.549. The molecule has 0 bridgehead atoms. The Labute approximate surface area is 110 Å². The maximum atomic E-state index is 13.6. The van der Waals surface area contributed by atoms with E-state index in [1.165, 1.54) is 17.0 Å². The number of nitriles is 1. The molecule has 1 N–H and O–H groups in total. The summed E-state index contributed by atoms with van der Waals surface area (Å²) in [4.78, 5) is 1.21. The Hall–Kier alpha value is -1.70. The zero-order chi connectivity index (χ0) is 13.0. The predicted octanol–water partition coefficient (Wildman–Crippen LogP) is 3.61. The lowest BCUT2D eigenvalue weighted by Crippen LogP contribution is -2.18. The van der Waals surface area contributed by atoms with Gasteiger partial charge in [-0.1, -0.05) is 6.07 Å². The molecule has 1 heterocycles. The highest BCUT2D eigenvalue weighted by molar-refractivity contribution is 7.10. The summed E-state index contributed by atoms with van der Waals surface area (Å²) in [5.74, 6) is -0.278. The second-order valence-electron chi connectivity index (χ2n) is 4.04. The van der Waals surface area contributed by atoms with E-state index in [0.29, 0.717) is 17.7 Å². The average Bonchev–Trinajstić information content (AvgIpc) is 2.91. The normalized spacial score (nSPS) is 12.1. The standard InChI is InChI=1S/C14H13FN2S/c1-10(14-3-2-6-18-14)17-9-12-7-11(8-16)4-5-13(12)15/h2-7,10,17H,9H2,1H3. The van der Waals surface area contributed by atoms with Crippen LogP contribution >= 0.6 is 11.3 Å². The lowest BCUT2D eigenvalue weighted by atomic mass is 10.1. The number of hydrogen-bond donors (Lipinski definition) is 1. The van der Waals surface area contributed by atoms with Crippen LogP contribution in [0.15, 0.2) is 35.7 Å². The minimum atomic E-state index is -0.278. The van der Waals surface area contributed by atoms with Crippen LogP contribution in [0.2, 0.25) is 0 Å². The van der Waals surface area contributed by atoms with Crippen molar-refractivity contribution < 1.29 is 4.39 Å². The molecule has 0 aliphatic heterocycles. The number of benzene rings is 1. The van der Waals surface area contributed by atoms with Gasteiger partial charge in [0, 0.05) is 23.0 Å². The summed E-state index contributed by atoms with van der Waals surface area (Å²) in [6, 6.07) is 10.6. The molecule has 0 spiro atoms. The van der Waals surface area contributed by atoms with E-state index < -0.39 is 0 Å². The van der Waals surface area contributed by atoms with E-state index in [1.807, 2.05) is 30.5 Å². The molecule has 1 unspecified atom stereocenters. The van der Waals surface area contributed by atoms with Crippen molar-refractivity contribution in [2.24, 2.45) is 0 Å². The van der Waals surface area contributed by atoms with Crippen LogP contribution in [0.25, 0.3) is 0 Å². The first-order chi connectivity index (χ1) is 8.70. The molecule has 1 aromatic carbocycles. The number of rotatable bonds is 4. The van der Waals surface area contributed by atoms with E-state index in [0.717, 1.165) is 0 Å². The molecule has 0 radical (unpaired) electrons. The van der Waals surface area contributed by atoms with Crippen LogP contribution in [0, 0.1) is 17.1 Å². The molecule has 18 heavy (non-hydrogen) atoms. The highest BCUT2D eigenvalue weighted by atomic mass is 32.1. The fourth-order valence-electron chi connectivity index (χ4n) is 1.68. The van der Waals surface area contributed by atoms with Gasteiger partial charge in [0.15, 0.2) is 0 Å². The van der Waals surface area contributed by atoms with Crippen molar-refractivity contribution in [1.29, 1.82) is 5.26 Å². The molecule has 0 aliphatic carbocycles. The topological polar surface area (TPSA) is 35.8 Å². The van der Waals surface area contributed by atoms with Gasteiger partial charge >= 0.3 is 0 Å². The molecular formula is C14H13FN2S. The number of nitrogens with one attached hydrogen (secondary N) is 1. The lowest BCUT2D eigenvalue weighted by Gasteiger charge is -2.12. The molecule has 0 amide bonds. The molecule has 2 nitrogen and oxygen atoms in total. The Bertz CT molecular complexity index is 558. The van der Waals surface area contributed by atoms with Gasteiger partial charge in [-0.25, -0.2) is 4.39 Å². The third-order valence-corrected chi connectivity index (χ3v) is 3.80. The van der Waals surface area contributed by atoms with Crippen LogP contribution in [-0.4, -0.2) is 0 Å². The Morgan fingerprint density at radius 3 is 2.94 bits per heavy atom. The molecule has 2 aromatic rings. The van der Waals surface area contributed by atoms with E-state index in [4.69, 9.17) is 5.26 Å². The molecule has 1 aromatic heterocycles. The zero-order valence-corrected chi connectivity index (χ0v) is 10.8.